The first-order valence-corrected chi connectivity index (χ1v) is 5.75. The minimum absolute atomic E-state index is 0.0493. The Morgan fingerprint density at radius 3 is 2.89 bits per heavy atom. The number of carbonyl (C=O) groups excluding carboxylic acids is 1. The highest BCUT2D eigenvalue weighted by Gasteiger charge is 2.15. The van der Waals surface area contributed by atoms with Gasteiger partial charge >= 0.3 is 0 Å². The molecule has 4 N–H and O–H groups in total. The molecule has 2 rings (SSSR count). The molecule has 0 spiro atoms. The molecule has 2 aromatic rings. The van der Waals surface area contributed by atoms with E-state index in [1.807, 2.05) is 24.3 Å². The zero-order valence-corrected chi connectivity index (χ0v) is 10.4. The molecule has 1 unspecified atom stereocenters. The number of nitrogens with one attached hydrogen (secondary N) is 1. The number of hydrogen-bond donors (Lipinski definition) is 3. The van der Waals surface area contributed by atoms with Crippen molar-refractivity contribution in [2.45, 2.75) is 13.0 Å². The standard InChI is InChI=1S/C13H14N4O2/c1-8(12(14)17-19)16-13(18)10-6-7-15-11-5-3-2-4-9(10)11/h2-8,19H,1H3,(H2,14,17)(H,16,18). The molecule has 98 valence electrons. The monoisotopic (exact) mass is 258 g/mol. The second kappa shape index (κ2) is 5.34. The molecule has 1 amide bonds. The average molecular weight is 258 g/mol. The van der Waals surface area contributed by atoms with Crippen LogP contribution in [0.1, 0.15) is 17.3 Å². The van der Waals surface area contributed by atoms with E-state index >= 15 is 0 Å². The molecule has 0 aliphatic heterocycles. The Balaban J connectivity index is 2.32. The van der Waals surface area contributed by atoms with Crippen molar-refractivity contribution in [2.24, 2.45) is 10.9 Å². The highest BCUT2D eigenvalue weighted by atomic mass is 16.4. The fraction of sp³-hybridized carbons (Fsp3) is 0.154. The van der Waals surface area contributed by atoms with Crippen LogP contribution in [0.2, 0.25) is 0 Å². The van der Waals surface area contributed by atoms with Gasteiger partial charge in [0.15, 0.2) is 5.84 Å². The number of para-hydroxylation sites is 1. The fourth-order valence-electron chi connectivity index (χ4n) is 1.73. The third-order valence-corrected chi connectivity index (χ3v) is 2.80. The van der Waals surface area contributed by atoms with E-state index in [-0.39, 0.29) is 11.7 Å². The second-order valence-corrected chi connectivity index (χ2v) is 4.10. The maximum atomic E-state index is 12.2. The van der Waals surface area contributed by atoms with E-state index in [0.29, 0.717) is 5.56 Å². The van der Waals surface area contributed by atoms with Crippen molar-refractivity contribution in [1.29, 1.82) is 0 Å². The van der Waals surface area contributed by atoms with Gasteiger partial charge in [0, 0.05) is 11.6 Å². The number of amidine groups is 1. The van der Waals surface area contributed by atoms with Gasteiger partial charge in [0.1, 0.15) is 0 Å². The van der Waals surface area contributed by atoms with Crippen LogP contribution in [0.5, 0.6) is 0 Å². The van der Waals surface area contributed by atoms with Crippen LogP contribution in [0.15, 0.2) is 41.7 Å². The van der Waals surface area contributed by atoms with Gasteiger partial charge in [0.05, 0.1) is 17.1 Å². The van der Waals surface area contributed by atoms with Gasteiger partial charge in [-0.25, -0.2) is 0 Å². The van der Waals surface area contributed by atoms with Gasteiger partial charge in [0.25, 0.3) is 5.91 Å². The maximum absolute atomic E-state index is 12.2. The lowest BCUT2D eigenvalue weighted by Crippen LogP contribution is -2.42. The molecule has 0 aliphatic rings. The molecule has 1 aromatic heterocycles. The van der Waals surface area contributed by atoms with Crippen molar-refractivity contribution in [2.75, 3.05) is 0 Å². The normalized spacial score (nSPS) is 13.2. The largest absolute Gasteiger partial charge is 0.409 e. The van der Waals surface area contributed by atoms with Crippen LogP contribution in [0.3, 0.4) is 0 Å². The smallest absolute Gasteiger partial charge is 0.252 e. The first-order valence-electron chi connectivity index (χ1n) is 5.75. The van der Waals surface area contributed by atoms with Crippen molar-refractivity contribution in [3.63, 3.8) is 0 Å². The molecular weight excluding hydrogens is 244 g/mol. The molecule has 0 bridgehead atoms. The van der Waals surface area contributed by atoms with Crippen LogP contribution in [0, 0.1) is 0 Å². The predicted molar refractivity (Wildman–Crippen MR) is 72.1 cm³/mol. The Bertz CT molecular complexity index is 634. The van der Waals surface area contributed by atoms with Crippen LogP contribution in [0.25, 0.3) is 10.9 Å². The molecule has 0 fully saturated rings. The zero-order chi connectivity index (χ0) is 13.8. The Kier molecular flexibility index (Phi) is 3.61. The number of carbonyl (C=O) groups is 1. The average Bonchev–Trinajstić information content (AvgIpc) is 2.45. The number of rotatable bonds is 3. The SMILES string of the molecule is CC(NC(=O)c1ccnc2ccccc12)/C(N)=N/O. The van der Waals surface area contributed by atoms with Gasteiger partial charge in [-0.2, -0.15) is 0 Å². The summed E-state index contributed by atoms with van der Waals surface area (Å²) in [6.45, 7) is 1.64. The van der Waals surface area contributed by atoms with E-state index in [0.717, 1.165) is 10.9 Å². The first-order chi connectivity index (χ1) is 9.13. The summed E-state index contributed by atoms with van der Waals surface area (Å²) in [6, 6.07) is 8.44. The zero-order valence-electron chi connectivity index (χ0n) is 10.4. The lowest BCUT2D eigenvalue weighted by atomic mass is 10.1. The second-order valence-electron chi connectivity index (χ2n) is 4.10. The molecule has 1 aromatic carbocycles. The number of benzene rings is 1. The lowest BCUT2D eigenvalue weighted by Gasteiger charge is -2.13. The molecule has 6 nitrogen and oxygen atoms in total. The Morgan fingerprint density at radius 1 is 1.42 bits per heavy atom. The molecule has 19 heavy (non-hydrogen) atoms. The van der Waals surface area contributed by atoms with E-state index in [1.54, 1.807) is 19.2 Å². The molecule has 0 saturated heterocycles. The Hall–Kier alpha value is -2.63. The van der Waals surface area contributed by atoms with Gasteiger partial charge < -0.3 is 16.3 Å². The van der Waals surface area contributed by atoms with Crippen LogP contribution in [-0.2, 0) is 0 Å². The molecule has 0 radical (unpaired) electrons. The van der Waals surface area contributed by atoms with E-state index in [2.05, 4.69) is 15.5 Å². The van der Waals surface area contributed by atoms with E-state index in [1.165, 1.54) is 0 Å². The highest BCUT2D eigenvalue weighted by molar-refractivity contribution is 6.07. The van der Waals surface area contributed by atoms with Gasteiger partial charge in [-0.15, -0.1) is 0 Å². The van der Waals surface area contributed by atoms with Gasteiger partial charge in [0.2, 0.25) is 0 Å². The van der Waals surface area contributed by atoms with Crippen molar-refractivity contribution in [3.05, 3.63) is 42.1 Å². The fourth-order valence-corrected chi connectivity index (χ4v) is 1.73. The van der Waals surface area contributed by atoms with Crippen molar-refractivity contribution >= 4 is 22.6 Å². The van der Waals surface area contributed by atoms with Crippen molar-refractivity contribution < 1.29 is 10.0 Å². The van der Waals surface area contributed by atoms with Gasteiger partial charge in [-0.1, -0.05) is 23.4 Å². The molecule has 6 heteroatoms. The number of nitrogens with zero attached hydrogens (tertiary/aromatic N) is 2. The van der Waals surface area contributed by atoms with E-state index in [9.17, 15) is 4.79 Å². The summed E-state index contributed by atoms with van der Waals surface area (Å²) in [5, 5.41) is 14.8. The summed E-state index contributed by atoms with van der Waals surface area (Å²) in [7, 11) is 0. The van der Waals surface area contributed by atoms with Crippen LogP contribution in [-0.4, -0.2) is 28.0 Å². The third-order valence-electron chi connectivity index (χ3n) is 2.80. The number of amides is 1. The first kappa shape index (κ1) is 12.8. The number of oxime groups is 1. The van der Waals surface area contributed by atoms with E-state index < -0.39 is 6.04 Å². The minimum Gasteiger partial charge on any atom is -0.409 e. The highest BCUT2D eigenvalue weighted by Crippen LogP contribution is 2.15. The van der Waals surface area contributed by atoms with E-state index in [4.69, 9.17) is 10.9 Å². The van der Waals surface area contributed by atoms with Gasteiger partial charge in [-0.3, -0.25) is 9.78 Å². The van der Waals surface area contributed by atoms with Crippen molar-refractivity contribution in [1.82, 2.24) is 10.3 Å². The van der Waals surface area contributed by atoms with Crippen molar-refractivity contribution in [3.8, 4) is 0 Å². The number of hydrogen-bond acceptors (Lipinski definition) is 4. The molecule has 1 heterocycles. The molecule has 1 atom stereocenters. The minimum atomic E-state index is -0.551. The van der Waals surface area contributed by atoms with Crippen LogP contribution in [0.4, 0.5) is 0 Å². The lowest BCUT2D eigenvalue weighted by molar-refractivity contribution is 0.0950. The number of pyridine rings is 1. The van der Waals surface area contributed by atoms with Gasteiger partial charge in [-0.05, 0) is 19.1 Å². The Morgan fingerprint density at radius 2 is 2.16 bits per heavy atom. The topological polar surface area (TPSA) is 101 Å². The van der Waals surface area contributed by atoms with Crippen LogP contribution < -0.4 is 11.1 Å². The maximum Gasteiger partial charge on any atom is 0.252 e. The quantitative estimate of drug-likeness (QED) is 0.332. The summed E-state index contributed by atoms with van der Waals surface area (Å²) < 4.78 is 0. The summed E-state index contributed by atoms with van der Waals surface area (Å²) in [5.41, 5.74) is 6.67. The third kappa shape index (κ3) is 2.62. The Labute approximate surface area is 109 Å². The summed E-state index contributed by atoms with van der Waals surface area (Å²) in [6.07, 6.45) is 1.57. The number of aromatic nitrogens is 1. The number of nitrogens with two attached hydrogens (primary N) is 1. The molecule has 0 aliphatic carbocycles. The summed E-state index contributed by atoms with van der Waals surface area (Å²) in [5.74, 6) is -0.343. The predicted octanol–water partition coefficient (Wildman–Crippen LogP) is 1.10. The molecular formula is C13H14N4O2. The molecule has 0 saturated carbocycles. The summed E-state index contributed by atoms with van der Waals surface area (Å²) >= 11 is 0. The van der Waals surface area contributed by atoms with Crippen LogP contribution >= 0.6 is 0 Å². The number of fused-ring (bicyclic) bond motifs is 1. The summed E-state index contributed by atoms with van der Waals surface area (Å²) in [4.78, 5) is 16.3.